The number of hydrogen-bond acceptors (Lipinski definition) is 9. The highest BCUT2D eigenvalue weighted by molar-refractivity contribution is 8.00. The van der Waals surface area contributed by atoms with Gasteiger partial charge in [0.15, 0.2) is 0 Å². The van der Waals surface area contributed by atoms with Crippen molar-refractivity contribution in [3.05, 3.63) is 54.7 Å². The average molecular weight is 691 g/mol. The first kappa shape index (κ1) is 34.2. The van der Waals surface area contributed by atoms with Crippen molar-refractivity contribution in [3.63, 3.8) is 0 Å². The van der Waals surface area contributed by atoms with Gasteiger partial charge < -0.3 is 35.6 Å². The number of carbonyl (C=O) groups excluding carboxylic acids is 4. The quantitative estimate of drug-likeness (QED) is 0.131. The number of aromatic nitrogens is 3. The second kappa shape index (κ2) is 16.2. The molecule has 4 atom stereocenters. The zero-order valence-electron chi connectivity index (χ0n) is 27.4. The summed E-state index contributed by atoms with van der Waals surface area (Å²) in [6, 6.07) is 15.0. The van der Waals surface area contributed by atoms with Crippen LogP contribution in [0, 0.1) is 5.92 Å². The predicted molar refractivity (Wildman–Crippen MR) is 185 cm³/mol. The minimum absolute atomic E-state index is 0.0206. The Balaban J connectivity index is 0.846. The summed E-state index contributed by atoms with van der Waals surface area (Å²) in [5.74, 6) is 0.757. The number of hydrogen-bond donors (Lipinski definition) is 4. The molecule has 260 valence electrons. The molecule has 3 saturated heterocycles. The summed E-state index contributed by atoms with van der Waals surface area (Å²) in [6.45, 7) is 2.07. The lowest BCUT2D eigenvalue weighted by molar-refractivity contribution is -0.122. The second-order valence-electron chi connectivity index (χ2n) is 12.3. The van der Waals surface area contributed by atoms with Crippen LogP contribution in [0.5, 0.6) is 5.75 Å². The highest BCUT2D eigenvalue weighted by atomic mass is 32.2. The number of amides is 5. The van der Waals surface area contributed by atoms with Crippen molar-refractivity contribution >= 4 is 46.9 Å². The first-order valence-electron chi connectivity index (χ1n) is 16.7. The van der Waals surface area contributed by atoms with Crippen LogP contribution in [-0.2, 0) is 25.7 Å². The van der Waals surface area contributed by atoms with Gasteiger partial charge in [-0.1, -0.05) is 35.9 Å². The third-order valence-electron chi connectivity index (χ3n) is 8.97. The van der Waals surface area contributed by atoms with Gasteiger partial charge >= 0.3 is 6.03 Å². The van der Waals surface area contributed by atoms with Crippen molar-refractivity contribution in [1.29, 1.82) is 0 Å². The molecule has 49 heavy (non-hydrogen) atoms. The molecule has 3 aliphatic heterocycles. The Kier molecular flexibility index (Phi) is 11.3. The largest absolute Gasteiger partial charge is 0.495 e. The fraction of sp³-hybridized carbons (Fsp3) is 0.471. The average Bonchev–Trinajstić information content (AvgIpc) is 3.90. The van der Waals surface area contributed by atoms with E-state index in [0.717, 1.165) is 30.6 Å². The Morgan fingerprint density at radius 1 is 1.06 bits per heavy atom. The van der Waals surface area contributed by atoms with Crippen LogP contribution in [0.4, 0.5) is 16.2 Å². The number of fused-ring (bicyclic) bond motifs is 1. The highest BCUT2D eigenvalue weighted by Crippen LogP contribution is 2.34. The number of carbonyl (C=O) groups is 4. The van der Waals surface area contributed by atoms with Crippen LogP contribution < -0.4 is 30.9 Å². The van der Waals surface area contributed by atoms with Crippen molar-refractivity contribution in [3.8, 4) is 17.0 Å². The van der Waals surface area contributed by atoms with Crippen molar-refractivity contribution in [2.24, 2.45) is 5.92 Å². The van der Waals surface area contributed by atoms with Crippen molar-refractivity contribution in [2.75, 3.05) is 49.4 Å². The fourth-order valence-corrected chi connectivity index (χ4v) is 7.91. The van der Waals surface area contributed by atoms with Crippen LogP contribution in [0.3, 0.4) is 0 Å². The molecule has 3 aromatic rings. The number of nitrogens with zero attached hydrogens (tertiary/aromatic N) is 4. The van der Waals surface area contributed by atoms with Gasteiger partial charge in [0.25, 0.3) is 0 Å². The van der Waals surface area contributed by atoms with Crippen LogP contribution in [0.25, 0.3) is 11.3 Å². The molecule has 4 N–H and O–H groups in total. The topological polar surface area (TPSA) is 169 Å². The molecule has 2 aromatic carbocycles. The molecule has 1 unspecified atom stereocenters. The molecular formula is C34H42N8O6S. The maximum atomic E-state index is 13.0. The van der Waals surface area contributed by atoms with Crippen LogP contribution >= 0.6 is 11.8 Å². The molecule has 1 aromatic heterocycles. The van der Waals surface area contributed by atoms with E-state index in [1.807, 2.05) is 48.3 Å². The Labute approximate surface area is 289 Å². The molecule has 0 bridgehead atoms. The molecule has 0 aliphatic carbocycles. The third-order valence-corrected chi connectivity index (χ3v) is 10.5. The van der Waals surface area contributed by atoms with Crippen LogP contribution in [0.15, 0.2) is 54.7 Å². The standard InChI is InChI=1S/C34H42N8O6S/c1-47-28-7-3-2-6-27(28)42-19-23(18-31(42)44)33(45)36-24-12-10-22(11-13-24)25-20-41(40-39-25)15-17-48-16-14-35-30(43)9-5-4-8-29-32-26(21-49-29)37-34(46)38-32/h2-3,6-7,10-13,20,23,26,29,32H,4-5,8-9,14-19,21H2,1H3,(H,35,43)(H,36,45)(H2,37,38,46)/t23?,26-,29-,32-/m0/s1. The van der Waals surface area contributed by atoms with E-state index in [0.29, 0.717) is 60.8 Å². The smallest absolute Gasteiger partial charge is 0.315 e. The molecule has 0 saturated carbocycles. The van der Waals surface area contributed by atoms with Gasteiger partial charge in [-0.05, 0) is 37.1 Å². The van der Waals surface area contributed by atoms with Gasteiger partial charge in [0.2, 0.25) is 17.7 Å². The summed E-state index contributed by atoms with van der Waals surface area (Å²) in [5.41, 5.74) is 2.83. The van der Waals surface area contributed by atoms with Crippen LogP contribution in [0.1, 0.15) is 32.1 Å². The third kappa shape index (κ3) is 8.70. The lowest BCUT2D eigenvalue weighted by atomic mass is 10.0. The van der Waals surface area contributed by atoms with Gasteiger partial charge in [0, 0.05) is 48.2 Å². The number of para-hydroxylation sites is 2. The molecule has 0 spiro atoms. The van der Waals surface area contributed by atoms with E-state index >= 15 is 0 Å². The maximum Gasteiger partial charge on any atom is 0.315 e. The van der Waals surface area contributed by atoms with Crippen LogP contribution in [0.2, 0.25) is 0 Å². The normalized spacial score (nSPS) is 21.3. The minimum atomic E-state index is -0.474. The van der Waals surface area contributed by atoms with Gasteiger partial charge in [-0.25, -0.2) is 9.48 Å². The number of thioether (sulfide) groups is 1. The molecular weight excluding hydrogens is 648 g/mol. The summed E-state index contributed by atoms with van der Waals surface area (Å²) in [4.78, 5) is 51.0. The monoisotopic (exact) mass is 690 g/mol. The van der Waals surface area contributed by atoms with E-state index < -0.39 is 5.92 Å². The minimum Gasteiger partial charge on any atom is -0.495 e. The van der Waals surface area contributed by atoms with E-state index in [2.05, 4.69) is 31.6 Å². The van der Waals surface area contributed by atoms with E-state index in [1.54, 1.807) is 34.9 Å². The number of rotatable bonds is 16. The van der Waals surface area contributed by atoms with E-state index in [4.69, 9.17) is 9.47 Å². The lowest BCUT2D eigenvalue weighted by Gasteiger charge is -2.19. The van der Waals surface area contributed by atoms with Crippen molar-refractivity contribution in [2.45, 2.75) is 56.0 Å². The first-order valence-corrected chi connectivity index (χ1v) is 17.7. The van der Waals surface area contributed by atoms with Crippen LogP contribution in [-0.4, -0.2) is 95.2 Å². The summed E-state index contributed by atoms with van der Waals surface area (Å²) < 4.78 is 12.8. The molecule has 3 aliphatic rings. The molecule has 0 radical (unpaired) electrons. The Hall–Kier alpha value is -4.63. The summed E-state index contributed by atoms with van der Waals surface area (Å²) >= 11 is 1.89. The zero-order valence-corrected chi connectivity index (χ0v) is 28.2. The number of methoxy groups -OCH3 is 1. The fourth-order valence-electron chi connectivity index (χ4n) is 6.36. The number of urea groups is 1. The van der Waals surface area contributed by atoms with Gasteiger partial charge in [-0.15, -0.1) is 5.10 Å². The molecule has 3 fully saturated rings. The number of anilines is 2. The zero-order chi connectivity index (χ0) is 34.2. The number of unbranched alkanes of at least 4 members (excludes halogenated alkanes) is 1. The second-order valence-corrected chi connectivity index (χ2v) is 13.6. The number of nitrogens with one attached hydrogen (secondary N) is 4. The van der Waals surface area contributed by atoms with E-state index in [9.17, 15) is 19.2 Å². The highest BCUT2D eigenvalue weighted by Gasteiger charge is 2.42. The first-order chi connectivity index (χ1) is 23.9. The molecule has 5 amide bonds. The summed E-state index contributed by atoms with van der Waals surface area (Å²) in [6.07, 6.45) is 5.21. The summed E-state index contributed by atoms with van der Waals surface area (Å²) in [7, 11) is 1.56. The van der Waals surface area contributed by atoms with E-state index in [-0.39, 0.29) is 48.8 Å². The number of ether oxygens (including phenoxy) is 2. The van der Waals surface area contributed by atoms with Gasteiger partial charge in [-0.3, -0.25) is 14.4 Å². The van der Waals surface area contributed by atoms with Gasteiger partial charge in [0.05, 0.1) is 56.8 Å². The molecule has 6 rings (SSSR count). The summed E-state index contributed by atoms with van der Waals surface area (Å²) in [5, 5.41) is 20.6. The maximum absolute atomic E-state index is 13.0. The number of benzene rings is 2. The molecule has 15 heteroatoms. The SMILES string of the molecule is COc1ccccc1N1CC(C(=O)Nc2ccc(-c3cn(CCOCCNC(=O)CCCC[C@@H]4SC[C@@H]5NC(=O)N[C@@H]54)nn3)cc2)CC1=O. The lowest BCUT2D eigenvalue weighted by Crippen LogP contribution is -2.36. The Morgan fingerprint density at radius 3 is 2.73 bits per heavy atom. The van der Waals surface area contributed by atoms with E-state index in [1.165, 1.54) is 0 Å². The molecule has 4 heterocycles. The predicted octanol–water partition coefficient (Wildman–Crippen LogP) is 2.80. The van der Waals surface area contributed by atoms with Crippen molar-refractivity contribution in [1.82, 2.24) is 30.9 Å². The van der Waals surface area contributed by atoms with Gasteiger partial charge in [-0.2, -0.15) is 11.8 Å². The molecule has 14 nitrogen and oxygen atoms in total. The Morgan fingerprint density at radius 2 is 1.90 bits per heavy atom. The van der Waals surface area contributed by atoms with Gasteiger partial charge in [0.1, 0.15) is 11.4 Å². The van der Waals surface area contributed by atoms with Crippen molar-refractivity contribution < 1.29 is 28.7 Å². The Bertz CT molecular complexity index is 1630.